The summed E-state index contributed by atoms with van der Waals surface area (Å²) in [6, 6.07) is 8.17. The van der Waals surface area contributed by atoms with Crippen LogP contribution in [0.4, 0.5) is 0 Å². The van der Waals surface area contributed by atoms with Gasteiger partial charge in [0.05, 0.1) is 17.3 Å². The third-order valence-corrected chi connectivity index (χ3v) is 4.25. The molecule has 138 valence electrons. The summed E-state index contributed by atoms with van der Waals surface area (Å²) < 4.78 is 12.0. The van der Waals surface area contributed by atoms with Crippen LogP contribution in [0.2, 0.25) is 0 Å². The molecule has 27 heavy (non-hydrogen) atoms. The molecular formula is C18H17N5O4. The third kappa shape index (κ3) is 3.03. The summed E-state index contributed by atoms with van der Waals surface area (Å²) in [6.07, 6.45) is 1.43. The Balaban J connectivity index is 1.57. The molecule has 1 atom stereocenters. The lowest BCUT2D eigenvalue weighted by Gasteiger charge is -2.07. The SMILES string of the molecule is CCn1c(=O)[nH]c2cc(-c3noc([C@@H](C)NC(=O)c4ccco4)n3)ccc21. The lowest BCUT2D eigenvalue weighted by molar-refractivity contribution is 0.0904. The second-order valence-electron chi connectivity index (χ2n) is 6.04. The maximum atomic E-state index is 12.0. The maximum Gasteiger partial charge on any atom is 0.326 e. The number of aromatic nitrogens is 4. The summed E-state index contributed by atoms with van der Waals surface area (Å²) in [5, 5.41) is 6.71. The van der Waals surface area contributed by atoms with Gasteiger partial charge in [-0.15, -0.1) is 0 Å². The van der Waals surface area contributed by atoms with Crippen LogP contribution in [0.3, 0.4) is 0 Å². The summed E-state index contributed by atoms with van der Waals surface area (Å²) in [5.41, 5.74) is 2.05. The Morgan fingerprint density at radius 1 is 1.37 bits per heavy atom. The average Bonchev–Trinajstić information content (AvgIpc) is 3.39. The molecule has 2 N–H and O–H groups in total. The van der Waals surface area contributed by atoms with Crippen LogP contribution in [-0.2, 0) is 6.54 Å². The molecule has 4 rings (SSSR count). The molecule has 4 aromatic rings. The number of hydrogen-bond donors (Lipinski definition) is 2. The number of hydrogen-bond acceptors (Lipinski definition) is 6. The van der Waals surface area contributed by atoms with Crippen LogP contribution in [0.25, 0.3) is 22.4 Å². The van der Waals surface area contributed by atoms with Gasteiger partial charge in [-0.25, -0.2) is 4.79 Å². The van der Waals surface area contributed by atoms with Crippen molar-refractivity contribution in [1.29, 1.82) is 0 Å². The number of imidazole rings is 1. The van der Waals surface area contributed by atoms with Gasteiger partial charge in [0.1, 0.15) is 6.04 Å². The monoisotopic (exact) mass is 367 g/mol. The standard InChI is InChI=1S/C18H17N5O4/c1-3-23-13-7-6-11(9-12(13)20-18(23)25)15-21-17(27-22-15)10(2)19-16(24)14-5-4-8-26-14/h4-10H,3H2,1-2H3,(H,19,24)(H,20,25)/t10-/m1/s1. The average molecular weight is 367 g/mol. The van der Waals surface area contributed by atoms with E-state index in [-0.39, 0.29) is 23.2 Å². The van der Waals surface area contributed by atoms with E-state index in [1.807, 2.05) is 19.1 Å². The molecule has 1 amide bonds. The molecule has 0 spiro atoms. The number of furan rings is 1. The van der Waals surface area contributed by atoms with E-state index in [0.29, 0.717) is 23.4 Å². The number of H-pyrrole nitrogens is 1. The highest BCUT2D eigenvalue weighted by molar-refractivity contribution is 5.91. The molecule has 0 saturated heterocycles. The Labute approximate surface area is 153 Å². The molecule has 0 saturated carbocycles. The number of carbonyl (C=O) groups excluding carboxylic acids is 1. The molecule has 0 bridgehead atoms. The Morgan fingerprint density at radius 3 is 2.96 bits per heavy atom. The number of amides is 1. The Hall–Kier alpha value is -3.62. The number of nitrogens with one attached hydrogen (secondary N) is 2. The van der Waals surface area contributed by atoms with Crippen LogP contribution in [-0.4, -0.2) is 25.6 Å². The van der Waals surface area contributed by atoms with E-state index in [2.05, 4.69) is 20.4 Å². The maximum absolute atomic E-state index is 12.0. The lowest BCUT2D eigenvalue weighted by atomic mass is 10.2. The molecule has 0 radical (unpaired) electrons. The fourth-order valence-electron chi connectivity index (χ4n) is 2.88. The molecule has 0 aliphatic heterocycles. The highest BCUT2D eigenvalue weighted by Crippen LogP contribution is 2.22. The van der Waals surface area contributed by atoms with Crippen LogP contribution in [0.5, 0.6) is 0 Å². The van der Waals surface area contributed by atoms with Gasteiger partial charge in [0, 0.05) is 12.1 Å². The second-order valence-corrected chi connectivity index (χ2v) is 6.04. The number of rotatable bonds is 5. The molecule has 0 aliphatic rings. The van der Waals surface area contributed by atoms with Gasteiger partial charge in [0.2, 0.25) is 11.7 Å². The first kappa shape index (κ1) is 16.8. The fraction of sp³-hybridized carbons (Fsp3) is 0.222. The zero-order valence-corrected chi connectivity index (χ0v) is 14.7. The highest BCUT2D eigenvalue weighted by atomic mass is 16.5. The van der Waals surface area contributed by atoms with Crippen molar-refractivity contribution < 1.29 is 13.7 Å². The van der Waals surface area contributed by atoms with Crippen molar-refractivity contribution in [3.63, 3.8) is 0 Å². The van der Waals surface area contributed by atoms with E-state index in [9.17, 15) is 9.59 Å². The van der Waals surface area contributed by atoms with E-state index in [0.717, 1.165) is 5.52 Å². The van der Waals surface area contributed by atoms with Gasteiger partial charge in [-0.3, -0.25) is 9.36 Å². The zero-order chi connectivity index (χ0) is 19.0. The van der Waals surface area contributed by atoms with Crippen LogP contribution in [0.1, 0.15) is 36.3 Å². The van der Waals surface area contributed by atoms with Crippen LogP contribution >= 0.6 is 0 Å². The molecule has 0 aliphatic carbocycles. The molecule has 0 fully saturated rings. The smallest absolute Gasteiger partial charge is 0.326 e. The van der Waals surface area contributed by atoms with Gasteiger partial charge in [-0.1, -0.05) is 5.16 Å². The lowest BCUT2D eigenvalue weighted by Crippen LogP contribution is -2.26. The van der Waals surface area contributed by atoms with Crippen molar-refractivity contribution in [2.75, 3.05) is 0 Å². The van der Waals surface area contributed by atoms with Gasteiger partial charge < -0.3 is 19.2 Å². The van der Waals surface area contributed by atoms with Crippen molar-refractivity contribution in [3.8, 4) is 11.4 Å². The molecule has 3 aromatic heterocycles. The van der Waals surface area contributed by atoms with E-state index >= 15 is 0 Å². The van der Waals surface area contributed by atoms with E-state index in [4.69, 9.17) is 8.94 Å². The topological polar surface area (TPSA) is 119 Å². The minimum Gasteiger partial charge on any atom is -0.459 e. The van der Waals surface area contributed by atoms with Gasteiger partial charge >= 0.3 is 5.69 Å². The number of nitrogens with zero attached hydrogens (tertiary/aromatic N) is 3. The van der Waals surface area contributed by atoms with Crippen LogP contribution in [0, 0.1) is 0 Å². The number of aromatic amines is 1. The molecule has 9 heteroatoms. The van der Waals surface area contributed by atoms with Gasteiger partial charge in [0.25, 0.3) is 5.91 Å². The van der Waals surface area contributed by atoms with E-state index in [1.54, 1.807) is 29.7 Å². The molecule has 1 aromatic carbocycles. The van der Waals surface area contributed by atoms with Gasteiger partial charge in [0.15, 0.2) is 5.76 Å². The van der Waals surface area contributed by atoms with E-state index < -0.39 is 6.04 Å². The van der Waals surface area contributed by atoms with Gasteiger partial charge in [-0.2, -0.15) is 4.98 Å². The Bertz CT molecular complexity index is 1150. The van der Waals surface area contributed by atoms with Crippen LogP contribution < -0.4 is 11.0 Å². The van der Waals surface area contributed by atoms with E-state index in [1.165, 1.54) is 6.26 Å². The van der Waals surface area contributed by atoms with Crippen molar-refractivity contribution in [2.45, 2.75) is 26.4 Å². The summed E-state index contributed by atoms with van der Waals surface area (Å²) in [4.78, 5) is 31.1. The summed E-state index contributed by atoms with van der Waals surface area (Å²) >= 11 is 0. The number of carbonyl (C=O) groups is 1. The predicted molar refractivity (Wildman–Crippen MR) is 96.1 cm³/mol. The number of fused-ring (bicyclic) bond motifs is 1. The summed E-state index contributed by atoms with van der Waals surface area (Å²) in [5.74, 6) is 0.476. The minimum atomic E-state index is -0.492. The normalized spacial score (nSPS) is 12.4. The Kier molecular flexibility index (Phi) is 4.11. The Morgan fingerprint density at radius 2 is 2.22 bits per heavy atom. The number of aryl methyl sites for hydroxylation is 1. The first-order valence-electron chi connectivity index (χ1n) is 8.47. The van der Waals surface area contributed by atoms with Crippen molar-refractivity contribution in [1.82, 2.24) is 25.0 Å². The van der Waals surface area contributed by atoms with Crippen molar-refractivity contribution >= 4 is 16.9 Å². The predicted octanol–water partition coefficient (Wildman–Crippen LogP) is 2.48. The molecule has 0 unspecified atom stereocenters. The number of benzene rings is 1. The third-order valence-electron chi connectivity index (χ3n) is 4.25. The van der Waals surface area contributed by atoms with Crippen LogP contribution in [0.15, 0.2) is 50.3 Å². The summed E-state index contributed by atoms with van der Waals surface area (Å²) in [6.45, 7) is 4.23. The van der Waals surface area contributed by atoms with Gasteiger partial charge in [-0.05, 0) is 44.2 Å². The molecular weight excluding hydrogens is 350 g/mol. The van der Waals surface area contributed by atoms with Crippen molar-refractivity contribution in [3.05, 3.63) is 58.7 Å². The fourth-order valence-corrected chi connectivity index (χ4v) is 2.88. The molecule has 9 nitrogen and oxygen atoms in total. The largest absolute Gasteiger partial charge is 0.459 e. The van der Waals surface area contributed by atoms with Crippen molar-refractivity contribution in [2.24, 2.45) is 0 Å². The quantitative estimate of drug-likeness (QED) is 0.559. The highest BCUT2D eigenvalue weighted by Gasteiger charge is 2.19. The molecule has 3 heterocycles. The first-order chi connectivity index (χ1) is 13.1. The first-order valence-corrected chi connectivity index (χ1v) is 8.47. The minimum absolute atomic E-state index is 0.160. The summed E-state index contributed by atoms with van der Waals surface area (Å²) in [7, 11) is 0. The second kappa shape index (κ2) is 6.60. The zero-order valence-electron chi connectivity index (χ0n) is 14.7.